The number of rotatable bonds is 2. The number of carbonyl (C=O) groups is 2. The monoisotopic (exact) mass is 356 g/mol. The minimum atomic E-state index is -0.441. The number of urea groups is 1. The molecule has 0 radical (unpaired) electrons. The predicted molar refractivity (Wildman–Crippen MR) is 97.9 cm³/mol. The molecule has 3 heterocycles. The number of aromatic amines is 1. The number of alkyl carbamates (subject to hydrolysis) is 1. The molecule has 3 N–H and O–H groups in total. The van der Waals surface area contributed by atoms with Crippen molar-refractivity contribution < 1.29 is 14.3 Å². The van der Waals surface area contributed by atoms with Gasteiger partial charge in [0.05, 0.1) is 6.54 Å². The van der Waals surface area contributed by atoms with Gasteiger partial charge in [0.15, 0.2) is 0 Å². The molecular weight excluding hydrogens is 332 g/mol. The summed E-state index contributed by atoms with van der Waals surface area (Å²) in [6, 6.07) is 8.21. The van der Waals surface area contributed by atoms with Gasteiger partial charge in [-0.3, -0.25) is 0 Å². The maximum absolute atomic E-state index is 12.5. The van der Waals surface area contributed by atoms with Gasteiger partial charge >= 0.3 is 12.1 Å². The fraction of sp³-hybridized carbons (Fsp3) is 0.474. The Bertz CT molecular complexity index is 846. The van der Waals surface area contributed by atoms with E-state index in [1.807, 2.05) is 24.0 Å². The maximum Gasteiger partial charge on any atom is 0.407 e. The SMILES string of the molecule is Cc1cc2cc(CNC(=O)N3CCCC4(CC3)CNC(=O)O4)ccc2[nH]1. The van der Waals surface area contributed by atoms with Crippen molar-refractivity contribution in [3.63, 3.8) is 0 Å². The van der Waals surface area contributed by atoms with Crippen molar-refractivity contribution in [2.45, 2.75) is 38.3 Å². The van der Waals surface area contributed by atoms with Crippen LogP contribution >= 0.6 is 0 Å². The van der Waals surface area contributed by atoms with Crippen molar-refractivity contribution in [2.24, 2.45) is 0 Å². The van der Waals surface area contributed by atoms with Gasteiger partial charge in [0.2, 0.25) is 0 Å². The van der Waals surface area contributed by atoms with Gasteiger partial charge in [0.25, 0.3) is 0 Å². The minimum Gasteiger partial charge on any atom is -0.441 e. The molecule has 2 saturated heterocycles. The Kier molecular flexibility index (Phi) is 4.22. The number of amides is 3. The molecular formula is C19H24N4O3. The zero-order valence-electron chi connectivity index (χ0n) is 14.9. The average Bonchev–Trinajstić information content (AvgIpc) is 3.09. The van der Waals surface area contributed by atoms with Gasteiger partial charge < -0.3 is 25.3 Å². The third-order valence-corrected chi connectivity index (χ3v) is 5.31. The normalized spacial score (nSPS) is 23.0. The van der Waals surface area contributed by atoms with Gasteiger partial charge in [-0.1, -0.05) is 6.07 Å². The summed E-state index contributed by atoms with van der Waals surface area (Å²) in [4.78, 5) is 29.0. The lowest BCUT2D eigenvalue weighted by Gasteiger charge is -2.25. The van der Waals surface area contributed by atoms with Gasteiger partial charge in [-0.2, -0.15) is 0 Å². The topological polar surface area (TPSA) is 86.5 Å². The van der Waals surface area contributed by atoms with Crippen LogP contribution < -0.4 is 10.6 Å². The molecule has 26 heavy (non-hydrogen) atoms. The molecule has 2 fully saturated rings. The van der Waals surface area contributed by atoms with Crippen LogP contribution in [0.3, 0.4) is 0 Å². The molecule has 4 rings (SSSR count). The van der Waals surface area contributed by atoms with Crippen molar-refractivity contribution in [2.75, 3.05) is 19.6 Å². The first-order valence-corrected chi connectivity index (χ1v) is 9.11. The Hall–Kier alpha value is -2.70. The van der Waals surface area contributed by atoms with Gasteiger partial charge in [-0.25, -0.2) is 9.59 Å². The highest BCUT2D eigenvalue weighted by Gasteiger charge is 2.41. The number of fused-ring (bicyclic) bond motifs is 1. The second-order valence-corrected chi connectivity index (χ2v) is 7.30. The minimum absolute atomic E-state index is 0.0651. The van der Waals surface area contributed by atoms with E-state index in [1.165, 1.54) is 0 Å². The lowest BCUT2D eigenvalue weighted by Crippen LogP contribution is -2.41. The fourth-order valence-electron chi connectivity index (χ4n) is 3.88. The van der Waals surface area contributed by atoms with E-state index >= 15 is 0 Å². The van der Waals surface area contributed by atoms with Gasteiger partial charge in [-0.15, -0.1) is 0 Å². The highest BCUT2D eigenvalue weighted by atomic mass is 16.6. The molecule has 7 heteroatoms. The third kappa shape index (κ3) is 3.34. The first-order chi connectivity index (χ1) is 12.5. The highest BCUT2D eigenvalue weighted by molar-refractivity contribution is 5.81. The van der Waals surface area contributed by atoms with Crippen LogP contribution in [-0.4, -0.2) is 47.2 Å². The van der Waals surface area contributed by atoms with Crippen LogP contribution in [0.1, 0.15) is 30.5 Å². The van der Waals surface area contributed by atoms with E-state index in [1.54, 1.807) is 0 Å². The summed E-state index contributed by atoms with van der Waals surface area (Å²) in [5.41, 5.74) is 2.87. The molecule has 1 aromatic carbocycles. The Morgan fingerprint density at radius 2 is 2.19 bits per heavy atom. The third-order valence-electron chi connectivity index (χ3n) is 5.31. The standard InChI is InChI=1S/C19H24N4O3/c1-13-9-15-10-14(3-4-16(15)22-13)11-20-17(24)23-7-2-5-19(6-8-23)12-21-18(25)26-19/h3-4,9-10,22H,2,5-8,11-12H2,1H3,(H,20,24)(H,21,25). The summed E-state index contributed by atoms with van der Waals surface area (Å²) in [6.45, 7) is 4.34. The van der Waals surface area contributed by atoms with Crippen molar-refractivity contribution in [3.05, 3.63) is 35.5 Å². The smallest absolute Gasteiger partial charge is 0.407 e. The zero-order chi connectivity index (χ0) is 18.1. The van der Waals surface area contributed by atoms with E-state index in [2.05, 4.69) is 27.8 Å². The number of hydrogen-bond acceptors (Lipinski definition) is 3. The molecule has 1 spiro atoms. The summed E-state index contributed by atoms with van der Waals surface area (Å²) < 4.78 is 5.46. The highest BCUT2D eigenvalue weighted by Crippen LogP contribution is 2.29. The summed E-state index contributed by atoms with van der Waals surface area (Å²) in [6.07, 6.45) is 1.95. The van der Waals surface area contributed by atoms with Crippen molar-refractivity contribution in [3.8, 4) is 0 Å². The van der Waals surface area contributed by atoms with Gasteiger partial charge in [0, 0.05) is 37.3 Å². The number of nitrogens with zero attached hydrogens (tertiary/aromatic N) is 1. The lowest BCUT2D eigenvalue weighted by atomic mass is 9.95. The molecule has 1 atom stereocenters. The van der Waals surface area contributed by atoms with E-state index in [4.69, 9.17) is 4.74 Å². The first-order valence-electron chi connectivity index (χ1n) is 9.11. The maximum atomic E-state index is 12.5. The van der Waals surface area contributed by atoms with Crippen LogP contribution in [0.5, 0.6) is 0 Å². The second-order valence-electron chi connectivity index (χ2n) is 7.30. The lowest BCUT2D eigenvalue weighted by molar-refractivity contribution is 0.0453. The van der Waals surface area contributed by atoms with E-state index in [-0.39, 0.29) is 12.1 Å². The van der Waals surface area contributed by atoms with E-state index in [0.717, 1.165) is 35.0 Å². The first kappa shape index (κ1) is 16.8. The Morgan fingerprint density at radius 3 is 3.00 bits per heavy atom. The molecule has 7 nitrogen and oxygen atoms in total. The van der Waals surface area contributed by atoms with Crippen LogP contribution in [0.4, 0.5) is 9.59 Å². The predicted octanol–water partition coefficient (Wildman–Crippen LogP) is 2.65. The molecule has 0 bridgehead atoms. The number of hydrogen-bond donors (Lipinski definition) is 3. The van der Waals surface area contributed by atoms with Crippen LogP contribution in [-0.2, 0) is 11.3 Å². The number of aryl methyl sites for hydroxylation is 1. The van der Waals surface area contributed by atoms with E-state index in [9.17, 15) is 9.59 Å². The number of ether oxygens (including phenoxy) is 1. The van der Waals surface area contributed by atoms with Crippen LogP contribution in [0.2, 0.25) is 0 Å². The molecule has 3 amide bonds. The fourth-order valence-corrected chi connectivity index (χ4v) is 3.88. The summed E-state index contributed by atoms with van der Waals surface area (Å²) in [7, 11) is 0. The quantitative estimate of drug-likeness (QED) is 0.773. The van der Waals surface area contributed by atoms with Crippen molar-refractivity contribution in [1.82, 2.24) is 20.5 Å². The number of carbonyl (C=O) groups excluding carboxylic acids is 2. The number of benzene rings is 1. The van der Waals surface area contributed by atoms with Gasteiger partial charge in [0.1, 0.15) is 5.60 Å². The van der Waals surface area contributed by atoms with Crippen LogP contribution in [0, 0.1) is 6.92 Å². The van der Waals surface area contributed by atoms with Crippen LogP contribution in [0.25, 0.3) is 10.9 Å². The molecule has 2 aromatic rings. The zero-order valence-corrected chi connectivity index (χ0v) is 14.9. The number of aromatic nitrogens is 1. The molecule has 2 aliphatic heterocycles. The van der Waals surface area contributed by atoms with E-state index in [0.29, 0.717) is 32.6 Å². The molecule has 0 aliphatic carbocycles. The Morgan fingerprint density at radius 1 is 1.31 bits per heavy atom. The largest absolute Gasteiger partial charge is 0.441 e. The molecule has 138 valence electrons. The summed E-state index contributed by atoms with van der Waals surface area (Å²) >= 11 is 0. The van der Waals surface area contributed by atoms with Crippen molar-refractivity contribution >= 4 is 23.0 Å². The molecule has 0 saturated carbocycles. The Labute approximate surface area is 152 Å². The summed E-state index contributed by atoms with van der Waals surface area (Å²) in [5, 5.41) is 6.90. The van der Waals surface area contributed by atoms with Gasteiger partial charge in [-0.05, 0) is 48.9 Å². The number of nitrogens with one attached hydrogen (secondary N) is 3. The second kappa shape index (κ2) is 6.55. The van der Waals surface area contributed by atoms with Crippen molar-refractivity contribution in [1.29, 1.82) is 0 Å². The van der Waals surface area contributed by atoms with Crippen LogP contribution in [0.15, 0.2) is 24.3 Å². The Balaban J connectivity index is 1.34. The van der Waals surface area contributed by atoms with E-state index < -0.39 is 5.60 Å². The number of H-pyrrole nitrogens is 1. The average molecular weight is 356 g/mol. The molecule has 1 aromatic heterocycles. The number of likely N-dealkylation sites (tertiary alicyclic amines) is 1. The molecule has 2 aliphatic rings. The molecule has 1 unspecified atom stereocenters. The summed E-state index contributed by atoms with van der Waals surface area (Å²) in [5.74, 6) is 0.